The van der Waals surface area contributed by atoms with Crippen LogP contribution in [0.25, 0.3) is 0 Å². The summed E-state index contributed by atoms with van der Waals surface area (Å²) in [6, 6.07) is 2.14. The summed E-state index contributed by atoms with van der Waals surface area (Å²) >= 11 is 5.64. The van der Waals surface area contributed by atoms with Crippen molar-refractivity contribution < 1.29 is 41.4 Å². The Kier molecular flexibility index (Phi) is 9.54. The first-order valence-corrected chi connectivity index (χ1v) is 12.7. The van der Waals surface area contributed by atoms with Gasteiger partial charge in [0.1, 0.15) is 29.8 Å². The second kappa shape index (κ2) is 12.3. The van der Waals surface area contributed by atoms with Crippen molar-refractivity contribution in [3.05, 3.63) is 40.9 Å². The molecule has 0 saturated carbocycles. The molecule has 1 aromatic heterocycles. The molecule has 10 nitrogen and oxygen atoms in total. The monoisotopic (exact) mass is 591 g/mol. The molecule has 2 N–H and O–H groups in total. The van der Waals surface area contributed by atoms with Crippen molar-refractivity contribution in [1.82, 2.24) is 20.0 Å². The molecule has 2 heterocycles. The highest BCUT2D eigenvalue weighted by Crippen LogP contribution is 2.25. The fraction of sp³-hybridized carbons (Fsp3) is 0.520. The number of anilines is 1. The van der Waals surface area contributed by atoms with Crippen LogP contribution in [0.2, 0.25) is 5.02 Å². The van der Waals surface area contributed by atoms with Crippen molar-refractivity contribution in [1.29, 1.82) is 0 Å². The lowest BCUT2D eigenvalue weighted by molar-refractivity contribution is -0.143. The fourth-order valence-electron chi connectivity index (χ4n) is 3.98. The van der Waals surface area contributed by atoms with Crippen molar-refractivity contribution in [2.24, 2.45) is 0 Å². The van der Waals surface area contributed by atoms with Gasteiger partial charge in [-0.3, -0.25) is 19.2 Å². The maximum Gasteiger partial charge on any atom is 0.411 e. The maximum atomic E-state index is 13.6. The second-order valence-corrected chi connectivity index (χ2v) is 10.7. The van der Waals surface area contributed by atoms with E-state index < -0.39 is 60.7 Å². The lowest BCUT2D eigenvalue weighted by atomic mass is 9.97. The van der Waals surface area contributed by atoms with Crippen LogP contribution in [-0.4, -0.2) is 69.6 Å². The summed E-state index contributed by atoms with van der Waals surface area (Å²) in [6.45, 7) is 4.50. The van der Waals surface area contributed by atoms with Crippen LogP contribution in [0.1, 0.15) is 39.3 Å². The van der Waals surface area contributed by atoms with E-state index in [1.54, 1.807) is 20.8 Å². The van der Waals surface area contributed by atoms with Crippen LogP contribution in [-0.2, 0) is 20.9 Å². The summed E-state index contributed by atoms with van der Waals surface area (Å²) in [5, 5.41) is 8.86. The molecule has 0 aliphatic carbocycles. The van der Waals surface area contributed by atoms with Crippen molar-refractivity contribution in [3.63, 3.8) is 0 Å². The zero-order chi connectivity index (χ0) is 29.8. The van der Waals surface area contributed by atoms with Crippen LogP contribution in [0.3, 0.4) is 0 Å². The lowest BCUT2D eigenvalue weighted by Crippen LogP contribution is -2.58. The Balaban J connectivity index is 1.67. The van der Waals surface area contributed by atoms with Crippen LogP contribution >= 0.6 is 11.6 Å². The van der Waals surface area contributed by atoms with Gasteiger partial charge < -0.3 is 20.1 Å². The molecule has 220 valence electrons. The smallest absolute Gasteiger partial charge is 0.411 e. The highest BCUT2D eigenvalue weighted by Gasteiger charge is 2.39. The van der Waals surface area contributed by atoms with Gasteiger partial charge in [0, 0.05) is 18.7 Å². The number of benzene rings is 1. The molecule has 40 heavy (non-hydrogen) atoms. The molecule has 1 aromatic carbocycles. The normalized spacial score (nSPS) is 17.8. The average molecular weight is 592 g/mol. The van der Waals surface area contributed by atoms with E-state index in [1.165, 1.54) is 24.0 Å². The number of rotatable bonds is 7. The second-order valence-electron chi connectivity index (χ2n) is 10.3. The Morgan fingerprint density at radius 1 is 1.18 bits per heavy atom. The molecule has 3 rings (SSSR count). The van der Waals surface area contributed by atoms with Crippen LogP contribution in [0.15, 0.2) is 24.4 Å². The summed E-state index contributed by atoms with van der Waals surface area (Å²) in [5.41, 5.74) is -0.716. The quantitative estimate of drug-likeness (QED) is 0.460. The fourth-order valence-corrected chi connectivity index (χ4v) is 4.10. The number of carbonyl (C=O) groups is 3. The predicted molar refractivity (Wildman–Crippen MR) is 136 cm³/mol. The topological polar surface area (TPSA) is 115 Å². The summed E-state index contributed by atoms with van der Waals surface area (Å²) in [5.74, 6) is -1.78. The summed E-state index contributed by atoms with van der Waals surface area (Å²) in [7, 11) is 0. The van der Waals surface area contributed by atoms with E-state index in [-0.39, 0.29) is 35.1 Å². The molecular weight excluding hydrogens is 562 g/mol. The third kappa shape index (κ3) is 8.73. The zero-order valence-electron chi connectivity index (χ0n) is 22.3. The Bertz CT molecular complexity index is 1250. The number of halogens is 5. The standard InChI is InChI=1S/C25H30ClF4N5O5/c1-14-19(10-31-35(14)13-25(28,29)30)33-22(37)20-8-5-15(11-34(20)23(38)40-24(2,3)4)32-21(36)12-39-16-6-7-17(26)18(27)9-16/h6-7,9-10,15,20H,5,8,11-13H2,1-4H3,(H,32,36)(H,33,37)/t15-,20+/m0/s1. The minimum absolute atomic E-state index is 0.0737. The Labute approximate surface area is 232 Å². The average Bonchev–Trinajstić information content (AvgIpc) is 3.16. The molecule has 0 spiro atoms. The molecule has 0 radical (unpaired) electrons. The number of nitrogens with zero attached hydrogens (tertiary/aromatic N) is 3. The van der Waals surface area contributed by atoms with Gasteiger partial charge >= 0.3 is 12.3 Å². The summed E-state index contributed by atoms with van der Waals surface area (Å²) in [4.78, 5) is 39.8. The van der Waals surface area contributed by atoms with Gasteiger partial charge in [0.2, 0.25) is 5.91 Å². The molecule has 2 aromatic rings. The molecule has 15 heteroatoms. The molecule has 1 fully saturated rings. The predicted octanol–water partition coefficient (Wildman–Crippen LogP) is 4.45. The molecule has 1 aliphatic heterocycles. The van der Waals surface area contributed by atoms with Gasteiger partial charge in [-0.15, -0.1) is 0 Å². The molecule has 0 bridgehead atoms. The first-order valence-electron chi connectivity index (χ1n) is 12.3. The van der Waals surface area contributed by atoms with Crippen LogP contribution in [0.5, 0.6) is 5.75 Å². The SMILES string of the molecule is Cc1c(NC(=O)[C@H]2CC[C@H](NC(=O)COc3ccc(Cl)c(F)c3)CN2C(=O)OC(C)(C)C)cnn1CC(F)(F)F. The van der Waals surface area contributed by atoms with Crippen molar-refractivity contribution in [2.75, 3.05) is 18.5 Å². The number of likely N-dealkylation sites (tertiary alicyclic amines) is 1. The molecule has 1 saturated heterocycles. The first kappa shape index (κ1) is 31.0. The van der Waals surface area contributed by atoms with Gasteiger partial charge in [-0.25, -0.2) is 9.18 Å². The number of amides is 3. The molecule has 1 aliphatic rings. The number of nitrogens with one attached hydrogen (secondary N) is 2. The number of carbonyl (C=O) groups excluding carboxylic acids is 3. The Hall–Kier alpha value is -3.55. The van der Waals surface area contributed by atoms with E-state index in [9.17, 15) is 31.9 Å². The summed E-state index contributed by atoms with van der Waals surface area (Å²) < 4.78 is 63.4. The Morgan fingerprint density at radius 2 is 1.88 bits per heavy atom. The van der Waals surface area contributed by atoms with Crippen LogP contribution in [0.4, 0.5) is 28.0 Å². The van der Waals surface area contributed by atoms with Gasteiger partial charge in [-0.1, -0.05) is 11.6 Å². The highest BCUT2D eigenvalue weighted by molar-refractivity contribution is 6.30. The van der Waals surface area contributed by atoms with Crippen LogP contribution < -0.4 is 15.4 Å². The third-order valence-electron chi connectivity index (χ3n) is 5.83. The minimum Gasteiger partial charge on any atom is -0.484 e. The maximum absolute atomic E-state index is 13.6. The van der Waals surface area contributed by atoms with Gasteiger partial charge in [0.25, 0.3) is 5.91 Å². The van der Waals surface area contributed by atoms with Gasteiger partial charge in [-0.2, -0.15) is 18.3 Å². The Morgan fingerprint density at radius 3 is 2.50 bits per heavy atom. The first-order chi connectivity index (χ1) is 18.5. The number of piperidine rings is 1. The number of hydrogen-bond donors (Lipinski definition) is 2. The number of alkyl halides is 3. The van der Waals surface area contributed by atoms with Crippen molar-refractivity contribution >= 4 is 35.2 Å². The number of aromatic nitrogens is 2. The molecule has 3 amide bonds. The largest absolute Gasteiger partial charge is 0.484 e. The van der Waals surface area contributed by atoms with E-state index in [2.05, 4.69) is 15.7 Å². The van der Waals surface area contributed by atoms with E-state index in [0.717, 1.165) is 12.3 Å². The lowest BCUT2D eigenvalue weighted by Gasteiger charge is -2.39. The van der Waals surface area contributed by atoms with Crippen molar-refractivity contribution in [2.45, 2.75) is 70.9 Å². The van der Waals surface area contributed by atoms with E-state index in [1.807, 2.05) is 0 Å². The van der Waals surface area contributed by atoms with E-state index >= 15 is 0 Å². The highest BCUT2D eigenvalue weighted by atomic mass is 35.5. The van der Waals surface area contributed by atoms with Gasteiger partial charge in [0.05, 0.1) is 22.6 Å². The number of ether oxygens (including phenoxy) is 2. The molecule has 2 atom stereocenters. The zero-order valence-corrected chi connectivity index (χ0v) is 23.0. The van der Waals surface area contributed by atoms with Crippen molar-refractivity contribution in [3.8, 4) is 5.75 Å². The number of hydrogen-bond acceptors (Lipinski definition) is 6. The van der Waals surface area contributed by atoms with E-state index in [0.29, 0.717) is 11.1 Å². The molecule has 0 unspecified atom stereocenters. The molecular formula is C25H30ClF4N5O5. The van der Waals surface area contributed by atoms with Gasteiger partial charge in [-0.05, 0) is 52.7 Å². The third-order valence-corrected chi connectivity index (χ3v) is 6.14. The van der Waals surface area contributed by atoms with E-state index in [4.69, 9.17) is 21.1 Å². The van der Waals surface area contributed by atoms with Gasteiger partial charge in [0.15, 0.2) is 6.61 Å². The minimum atomic E-state index is -4.50. The summed E-state index contributed by atoms with van der Waals surface area (Å²) in [6.07, 6.45) is -3.77. The van der Waals surface area contributed by atoms with Crippen LogP contribution in [0, 0.1) is 12.7 Å².